The number of carboxylic acid groups (broad SMARTS) is 1. The molecular weight excluding hydrogens is 237 g/mol. The lowest BCUT2D eigenvalue weighted by Crippen LogP contribution is -2.03. The normalized spacial score (nSPS) is 9.67. The van der Waals surface area contributed by atoms with Crippen LogP contribution < -0.4 is 0 Å². The van der Waals surface area contributed by atoms with Gasteiger partial charge in [0.05, 0.1) is 18.1 Å². The molecule has 3 nitrogen and oxygen atoms in total. The summed E-state index contributed by atoms with van der Waals surface area (Å²) in [6.07, 6.45) is -0.260. The SMILES string of the molecule is N#Cc1cc(CCl)cc(Cl)c1CC(=O)O. The van der Waals surface area contributed by atoms with Crippen molar-refractivity contribution in [3.8, 4) is 6.07 Å². The lowest BCUT2D eigenvalue weighted by Gasteiger charge is -2.06. The molecule has 5 heteroatoms. The van der Waals surface area contributed by atoms with E-state index in [-0.39, 0.29) is 22.9 Å². The molecule has 0 aliphatic heterocycles. The second kappa shape index (κ2) is 5.01. The summed E-state index contributed by atoms with van der Waals surface area (Å²) in [7, 11) is 0. The maximum atomic E-state index is 10.5. The summed E-state index contributed by atoms with van der Waals surface area (Å²) < 4.78 is 0. The summed E-state index contributed by atoms with van der Waals surface area (Å²) in [6, 6.07) is 5.04. The number of benzene rings is 1. The monoisotopic (exact) mass is 243 g/mol. The fourth-order valence-electron chi connectivity index (χ4n) is 1.20. The Kier molecular flexibility index (Phi) is 3.96. The maximum absolute atomic E-state index is 10.5. The van der Waals surface area contributed by atoms with Crippen LogP contribution in [0.3, 0.4) is 0 Å². The molecule has 0 spiro atoms. The molecule has 0 unspecified atom stereocenters. The minimum absolute atomic E-state index is 0.238. The van der Waals surface area contributed by atoms with Crippen LogP contribution in [0.25, 0.3) is 0 Å². The Morgan fingerprint density at radius 1 is 1.53 bits per heavy atom. The van der Waals surface area contributed by atoms with Crippen molar-refractivity contribution in [3.05, 3.63) is 33.8 Å². The Balaban J connectivity index is 3.26. The van der Waals surface area contributed by atoms with E-state index in [1.54, 1.807) is 12.1 Å². The molecule has 1 aromatic carbocycles. The van der Waals surface area contributed by atoms with E-state index >= 15 is 0 Å². The van der Waals surface area contributed by atoms with Crippen LogP contribution in [0.15, 0.2) is 12.1 Å². The predicted octanol–water partition coefficient (Wildman–Crippen LogP) is 2.58. The quantitative estimate of drug-likeness (QED) is 0.831. The van der Waals surface area contributed by atoms with Crippen molar-refractivity contribution in [1.82, 2.24) is 0 Å². The van der Waals surface area contributed by atoms with Gasteiger partial charge in [-0.15, -0.1) is 11.6 Å². The van der Waals surface area contributed by atoms with E-state index in [1.807, 2.05) is 6.07 Å². The van der Waals surface area contributed by atoms with Gasteiger partial charge in [-0.3, -0.25) is 4.79 Å². The fraction of sp³-hybridized carbons (Fsp3) is 0.200. The van der Waals surface area contributed by atoms with E-state index in [1.165, 1.54) is 0 Å². The summed E-state index contributed by atoms with van der Waals surface area (Å²) in [5.41, 5.74) is 1.30. The third kappa shape index (κ3) is 2.85. The van der Waals surface area contributed by atoms with Gasteiger partial charge < -0.3 is 5.11 Å². The maximum Gasteiger partial charge on any atom is 0.307 e. The molecule has 0 fully saturated rings. The molecule has 0 saturated heterocycles. The first-order valence-electron chi connectivity index (χ1n) is 4.07. The number of hydrogen-bond acceptors (Lipinski definition) is 2. The number of alkyl halides is 1. The smallest absolute Gasteiger partial charge is 0.307 e. The number of carboxylic acids is 1. The highest BCUT2D eigenvalue weighted by molar-refractivity contribution is 6.31. The van der Waals surface area contributed by atoms with E-state index in [4.69, 9.17) is 33.6 Å². The van der Waals surface area contributed by atoms with Crippen LogP contribution in [0.4, 0.5) is 0 Å². The molecule has 0 saturated carbocycles. The van der Waals surface area contributed by atoms with E-state index in [0.717, 1.165) is 0 Å². The highest BCUT2D eigenvalue weighted by Gasteiger charge is 2.12. The zero-order valence-electron chi connectivity index (χ0n) is 7.63. The Bertz CT molecular complexity index is 438. The summed E-state index contributed by atoms with van der Waals surface area (Å²) in [6.45, 7) is 0. The Morgan fingerprint density at radius 3 is 2.67 bits per heavy atom. The van der Waals surface area contributed by atoms with Gasteiger partial charge in [0.25, 0.3) is 0 Å². The van der Waals surface area contributed by atoms with Crippen LogP contribution in [0, 0.1) is 11.3 Å². The number of hydrogen-bond donors (Lipinski definition) is 1. The molecule has 1 N–H and O–H groups in total. The minimum atomic E-state index is -1.02. The van der Waals surface area contributed by atoms with Crippen molar-refractivity contribution in [3.63, 3.8) is 0 Å². The van der Waals surface area contributed by atoms with Crippen molar-refractivity contribution < 1.29 is 9.90 Å². The van der Waals surface area contributed by atoms with E-state index < -0.39 is 5.97 Å². The Labute approximate surface area is 96.8 Å². The summed E-state index contributed by atoms with van der Waals surface area (Å²) in [5.74, 6) is -0.783. The van der Waals surface area contributed by atoms with Gasteiger partial charge in [-0.25, -0.2) is 0 Å². The summed E-state index contributed by atoms with van der Waals surface area (Å²) in [4.78, 5) is 10.5. The standard InChI is InChI=1S/C10H7Cl2NO2/c11-4-6-1-7(5-13)8(3-10(14)15)9(12)2-6/h1-2H,3-4H2,(H,14,15). The van der Waals surface area contributed by atoms with Crippen LogP contribution >= 0.6 is 23.2 Å². The molecule has 0 bridgehead atoms. The number of halogens is 2. The van der Waals surface area contributed by atoms with E-state index in [0.29, 0.717) is 11.1 Å². The number of carbonyl (C=O) groups is 1. The second-order valence-electron chi connectivity index (χ2n) is 2.92. The van der Waals surface area contributed by atoms with Crippen molar-refractivity contribution in [1.29, 1.82) is 5.26 Å². The molecule has 0 heterocycles. The van der Waals surface area contributed by atoms with Gasteiger partial charge in [0.2, 0.25) is 0 Å². The van der Waals surface area contributed by atoms with Crippen LogP contribution in [0.5, 0.6) is 0 Å². The van der Waals surface area contributed by atoms with Crippen LogP contribution in [0.1, 0.15) is 16.7 Å². The van der Waals surface area contributed by atoms with Crippen LogP contribution in [0.2, 0.25) is 5.02 Å². The molecular formula is C10H7Cl2NO2. The fourth-order valence-corrected chi connectivity index (χ4v) is 1.66. The summed E-state index contributed by atoms with van der Waals surface area (Å²) in [5, 5.41) is 17.7. The summed E-state index contributed by atoms with van der Waals surface area (Å²) >= 11 is 11.5. The highest BCUT2D eigenvalue weighted by atomic mass is 35.5. The molecule has 0 radical (unpaired) electrons. The highest BCUT2D eigenvalue weighted by Crippen LogP contribution is 2.23. The Morgan fingerprint density at radius 2 is 2.20 bits per heavy atom. The molecule has 15 heavy (non-hydrogen) atoms. The zero-order valence-corrected chi connectivity index (χ0v) is 9.14. The molecule has 0 aromatic heterocycles. The molecule has 1 rings (SSSR count). The lowest BCUT2D eigenvalue weighted by atomic mass is 10.0. The van der Waals surface area contributed by atoms with Gasteiger partial charge in [-0.2, -0.15) is 5.26 Å². The second-order valence-corrected chi connectivity index (χ2v) is 3.59. The third-order valence-electron chi connectivity index (χ3n) is 1.86. The largest absolute Gasteiger partial charge is 0.481 e. The average molecular weight is 244 g/mol. The topological polar surface area (TPSA) is 61.1 Å². The number of nitrogens with zero attached hydrogens (tertiary/aromatic N) is 1. The lowest BCUT2D eigenvalue weighted by molar-refractivity contribution is -0.136. The number of rotatable bonds is 3. The first-order chi connectivity index (χ1) is 7.08. The molecule has 0 atom stereocenters. The van der Waals surface area contributed by atoms with E-state index in [9.17, 15) is 4.79 Å². The van der Waals surface area contributed by atoms with Crippen molar-refractivity contribution in [2.24, 2.45) is 0 Å². The molecule has 0 aliphatic carbocycles. The van der Waals surface area contributed by atoms with Gasteiger partial charge in [0, 0.05) is 10.9 Å². The van der Waals surface area contributed by atoms with Crippen molar-refractivity contribution in [2.75, 3.05) is 0 Å². The first-order valence-corrected chi connectivity index (χ1v) is 4.99. The van der Waals surface area contributed by atoms with Crippen molar-refractivity contribution in [2.45, 2.75) is 12.3 Å². The molecule has 0 amide bonds. The molecule has 0 aliphatic rings. The van der Waals surface area contributed by atoms with Gasteiger partial charge >= 0.3 is 5.97 Å². The van der Waals surface area contributed by atoms with Crippen molar-refractivity contribution >= 4 is 29.2 Å². The third-order valence-corrected chi connectivity index (χ3v) is 2.50. The predicted molar refractivity (Wildman–Crippen MR) is 57.1 cm³/mol. The van der Waals surface area contributed by atoms with Gasteiger partial charge in [0.1, 0.15) is 0 Å². The van der Waals surface area contributed by atoms with E-state index in [2.05, 4.69) is 0 Å². The number of aliphatic carboxylic acids is 1. The van der Waals surface area contributed by atoms with Gasteiger partial charge in [-0.1, -0.05) is 11.6 Å². The number of nitriles is 1. The Hall–Kier alpha value is -1.24. The average Bonchev–Trinajstić information content (AvgIpc) is 2.20. The van der Waals surface area contributed by atoms with Crippen LogP contribution in [-0.4, -0.2) is 11.1 Å². The van der Waals surface area contributed by atoms with Gasteiger partial charge in [0.15, 0.2) is 0 Å². The van der Waals surface area contributed by atoms with Crippen LogP contribution in [-0.2, 0) is 17.1 Å². The van der Waals surface area contributed by atoms with Gasteiger partial charge in [-0.05, 0) is 23.3 Å². The molecule has 78 valence electrons. The molecule has 1 aromatic rings. The minimum Gasteiger partial charge on any atom is -0.481 e. The zero-order chi connectivity index (χ0) is 11.4. The first kappa shape index (κ1) is 11.8.